The number of nitrogens with zero attached hydrogens (tertiary/aromatic N) is 2. The number of carbonyl (C=O) groups is 1. The lowest BCUT2D eigenvalue weighted by molar-refractivity contribution is 0.0662. The van der Waals surface area contributed by atoms with Crippen molar-refractivity contribution in [1.29, 1.82) is 0 Å². The molecule has 0 bridgehead atoms. The van der Waals surface area contributed by atoms with Crippen LogP contribution >= 0.6 is 35.6 Å². The summed E-state index contributed by atoms with van der Waals surface area (Å²) in [6.07, 6.45) is 0. The molecule has 0 aliphatic carbocycles. The van der Waals surface area contributed by atoms with Gasteiger partial charge in [-0.05, 0) is 49.5 Å². The van der Waals surface area contributed by atoms with Gasteiger partial charge in [0.1, 0.15) is 4.90 Å². The van der Waals surface area contributed by atoms with Crippen molar-refractivity contribution in [1.82, 2.24) is 15.3 Å². The van der Waals surface area contributed by atoms with Gasteiger partial charge in [-0.1, -0.05) is 23.2 Å². The Kier molecular flexibility index (Phi) is 8.16. The Morgan fingerprint density at radius 1 is 1.00 bits per heavy atom. The standard InChI is InChI=1S/C18H20Cl2N4O3S.ClH/c1-23-8-10-24(11-9-23)21-18(25)13-2-7-16(20)17(12-13)28(26,27)22-15-5-3-14(19)4-6-15;/h2-7,12,22H,8-11H2,1H3,(H,21,25);1H. The first-order chi connectivity index (χ1) is 13.2. The molecule has 3 rings (SSSR count). The average Bonchev–Trinajstić information content (AvgIpc) is 2.65. The third kappa shape index (κ3) is 6.21. The van der Waals surface area contributed by atoms with Crippen molar-refractivity contribution < 1.29 is 13.2 Å². The molecule has 0 spiro atoms. The molecule has 7 nitrogen and oxygen atoms in total. The molecule has 1 fully saturated rings. The van der Waals surface area contributed by atoms with Crippen molar-refractivity contribution in [3.05, 3.63) is 58.1 Å². The average molecular weight is 480 g/mol. The Bertz CT molecular complexity index is 963. The maximum absolute atomic E-state index is 12.7. The third-order valence-electron chi connectivity index (χ3n) is 4.34. The molecular weight excluding hydrogens is 459 g/mol. The first-order valence-corrected chi connectivity index (χ1v) is 10.8. The second-order valence-corrected chi connectivity index (χ2v) is 8.98. The van der Waals surface area contributed by atoms with E-state index in [1.807, 2.05) is 12.1 Å². The van der Waals surface area contributed by atoms with E-state index in [1.54, 1.807) is 12.1 Å². The zero-order chi connectivity index (χ0) is 20.3. The molecule has 158 valence electrons. The topological polar surface area (TPSA) is 81.8 Å². The van der Waals surface area contributed by atoms with E-state index >= 15 is 0 Å². The molecule has 2 aromatic carbocycles. The van der Waals surface area contributed by atoms with E-state index in [0.29, 0.717) is 23.8 Å². The smallest absolute Gasteiger partial charge is 0.265 e. The SMILES string of the molecule is CN1CCN(NC(=O)c2ccc(Cl)c(S(=O)(=O)Nc3ccc(Cl)cc3)c2)CC1.Cl. The lowest BCUT2D eigenvalue weighted by Crippen LogP contribution is -2.52. The normalized spacial score (nSPS) is 15.4. The van der Waals surface area contributed by atoms with Gasteiger partial charge in [0.2, 0.25) is 0 Å². The van der Waals surface area contributed by atoms with Crippen LogP contribution < -0.4 is 10.1 Å². The van der Waals surface area contributed by atoms with E-state index in [4.69, 9.17) is 23.2 Å². The number of sulfonamides is 1. The van der Waals surface area contributed by atoms with Crippen LogP contribution in [0.2, 0.25) is 10.0 Å². The minimum Gasteiger partial charge on any atom is -0.304 e. The van der Waals surface area contributed by atoms with Crippen LogP contribution in [-0.4, -0.2) is 57.5 Å². The zero-order valence-electron chi connectivity index (χ0n) is 15.6. The van der Waals surface area contributed by atoms with Crippen LogP contribution in [0.15, 0.2) is 47.4 Å². The Morgan fingerprint density at radius 3 is 2.24 bits per heavy atom. The van der Waals surface area contributed by atoms with E-state index < -0.39 is 10.0 Å². The highest BCUT2D eigenvalue weighted by molar-refractivity contribution is 7.92. The fourth-order valence-corrected chi connectivity index (χ4v) is 4.42. The van der Waals surface area contributed by atoms with Gasteiger partial charge in [-0.15, -0.1) is 12.4 Å². The summed E-state index contributed by atoms with van der Waals surface area (Å²) in [5, 5.41) is 2.33. The van der Waals surface area contributed by atoms with Gasteiger partial charge in [0.05, 0.1) is 5.02 Å². The zero-order valence-corrected chi connectivity index (χ0v) is 18.7. The third-order valence-corrected chi connectivity index (χ3v) is 6.46. The molecule has 1 heterocycles. The number of hydrogen-bond acceptors (Lipinski definition) is 5. The molecule has 2 aromatic rings. The minimum absolute atomic E-state index is 0. The molecule has 0 radical (unpaired) electrons. The number of likely N-dealkylation sites (N-methyl/N-ethyl adjacent to an activating group) is 1. The van der Waals surface area contributed by atoms with Crippen molar-refractivity contribution >= 4 is 57.2 Å². The molecule has 1 aliphatic rings. The molecule has 2 N–H and O–H groups in total. The van der Waals surface area contributed by atoms with E-state index in [-0.39, 0.29) is 33.8 Å². The van der Waals surface area contributed by atoms with E-state index in [2.05, 4.69) is 15.0 Å². The van der Waals surface area contributed by atoms with Crippen molar-refractivity contribution in [3.8, 4) is 0 Å². The maximum atomic E-state index is 12.7. The van der Waals surface area contributed by atoms with Crippen molar-refractivity contribution in [2.75, 3.05) is 37.9 Å². The van der Waals surface area contributed by atoms with Gasteiger partial charge < -0.3 is 4.90 Å². The Hall–Kier alpha value is -1.55. The van der Waals surface area contributed by atoms with Gasteiger partial charge in [0.25, 0.3) is 15.9 Å². The molecule has 0 atom stereocenters. The summed E-state index contributed by atoms with van der Waals surface area (Å²) in [5.74, 6) is -0.385. The number of piperazine rings is 1. The van der Waals surface area contributed by atoms with Gasteiger partial charge in [0.15, 0.2) is 0 Å². The Labute approximate surface area is 186 Å². The van der Waals surface area contributed by atoms with E-state index in [1.165, 1.54) is 30.3 Å². The lowest BCUT2D eigenvalue weighted by Gasteiger charge is -2.32. The summed E-state index contributed by atoms with van der Waals surface area (Å²) < 4.78 is 27.9. The predicted octanol–water partition coefficient (Wildman–Crippen LogP) is 3.11. The lowest BCUT2D eigenvalue weighted by atomic mass is 10.2. The number of amides is 1. The first kappa shape index (κ1) is 23.7. The Balaban J connectivity index is 0.00000300. The molecular formula is C18H21Cl3N4O3S. The number of halogens is 3. The molecule has 0 unspecified atom stereocenters. The second-order valence-electron chi connectivity index (χ2n) is 6.49. The quantitative estimate of drug-likeness (QED) is 0.689. The largest absolute Gasteiger partial charge is 0.304 e. The molecule has 1 amide bonds. The number of rotatable bonds is 5. The molecule has 1 saturated heterocycles. The van der Waals surface area contributed by atoms with E-state index in [0.717, 1.165) is 13.1 Å². The first-order valence-electron chi connectivity index (χ1n) is 8.57. The van der Waals surface area contributed by atoms with Crippen molar-refractivity contribution in [2.24, 2.45) is 0 Å². The summed E-state index contributed by atoms with van der Waals surface area (Å²) in [6, 6.07) is 10.4. The summed E-state index contributed by atoms with van der Waals surface area (Å²) in [7, 11) is -1.96. The Morgan fingerprint density at radius 2 is 1.62 bits per heavy atom. The van der Waals surface area contributed by atoms with Crippen LogP contribution in [0.4, 0.5) is 5.69 Å². The van der Waals surface area contributed by atoms with Gasteiger partial charge in [-0.25, -0.2) is 13.4 Å². The van der Waals surface area contributed by atoms with Gasteiger partial charge in [0, 0.05) is 42.5 Å². The van der Waals surface area contributed by atoms with Crippen molar-refractivity contribution in [3.63, 3.8) is 0 Å². The number of carbonyl (C=O) groups excluding carboxylic acids is 1. The van der Waals surface area contributed by atoms with Gasteiger partial charge in [-0.2, -0.15) is 0 Å². The summed E-state index contributed by atoms with van der Waals surface area (Å²) in [6.45, 7) is 3.06. The fraction of sp³-hybridized carbons (Fsp3) is 0.278. The molecule has 0 saturated carbocycles. The summed E-state index contributed by atoms with van der Waals surface area (Å²) in [5.41, 5.74) is 3.35. The van der Waals surface area contributed by atoms with Crippen LogP contribution in [0, 0.1) is 0 Å². The molecule has 0 aromatic heterocycles. The monoisotopic (exact) mass is 478 g/mol. The number of anilines is 1. The highest BCUT2D eigenvalue weighted by Gasteiger charge is 2.22. The number of hydrogen-bond donors (Lipinski definition) is 2. The van der Waals surface area contributed by atoms with Gasteiger partial charge in [-0.3, -0.25) is 14.9 Å². The fourth-order valence-electron chi connectivity index (χ4n) is 2.71. The number of benzene rings is 2. The van der Waals surface area contributed by atoms with Crippen LogP contribution in [0.25, 0.3) is 0 Å². The summed E-state index contributed by atoms with van der Waals surface area (Å²) in [4.78, 5) is 14.5. The van der Waals surface area contributed by atoms with Gasteiger partial charge >= 0.3 is 0 Å². The van der Waals surface area contributed by atoms with Crippen molar-refractivity contribution in [2.45, 2.75) is 4.90 Å². The molecule has 11 heteroatoms. The highest BCUT2D eigenvalue weighted by atomic mass is 35.5. The van der Waals surface area contributed by atoms with Crippen LogP contribution in [-0.2, 0) is 10.0 Å². The number of nitrogens with one attached hydrogen (secondary N) is 2. The predicted molar refractivity (Wildman–Crippen MR) is 117 cm³/mol. The van der Waals surface area contributed by atoms with Crippen LogP contribution in [0.1, 0.15) is 10.4 Å². The molecule has 29 heavy (non-hydrogen) atoms. The second kappa shape index (κ2) is 9.97. The summed E-state index contributed by atoms with van der Waals surface area (Å²) >= 11 is 11.9. The molecule has 1 aliphatic heterocycles. The maximum Gasteiger partial charge on any atom is 0.265 e. The van der Waals surface area contributed by atoms with E-state index in [9.17, 15) is 13.2 Å². The highest BCUT2D eigenvalue weighted by Crippen LogP contribution is 2.25. The minimum atomic E-state index is -3.98. The van der Waals surface area contributed by atoms with Crippen LogP contribution in [0.3, 0.4) is 0 Å². The van der Waals surface area contributed by atoms with Crippen LogP contribution in [0.5, 0.6) is 0 Å². The number of hydrazine groups is 1.